The Kier molecular flexibility index (Phi) is 3.65. The van der Waals surface area contributed by atoms with Crippen LogP contribution in [0.4, 0.5) is 0 Å². The Bertz CT molecular complexity index is 331. The number of ether oxygens (including phenoxy) is 1. The second kappa shape index (κ2) is 5.01. The van der Waals surface area contributed by atoms with Gasteiger partial charge in [-0.25, -0.2) is 0 Å². The van der Waals surface area contributed by atoms with Crippen LogP contribution in [0.15, 0.2) is 0 Å². The first-order valence-corrected chi connectivity index (χ1v) is 8.06. The molecule has 0 N–H and O–H groups in total. The van der Waals surface area contributed by atoms with Crippen molar-refractivity contribution in [3.63, 3.8) is 0 Å². The molecule has 110 valence electrons. The van der Waals surface area contributed by atoms with E-state index in [1.54, 1.807) is 0 Å². The first-order valence-electron chi connectivity index (χ1n) is 8.06. The van der Waals surface area contributed by atoms with Crippen LogP contribution >= 0.6 is 0 Å². The topological polar surface area (TPSA) is 15.7 Å². The summed E-state index contributed by atoms with van der Waals surface area (Å²) in [5, 5.41) is 0. The molecular formula is C16H30N2O. The van der Waals surface area contributed by atoms with E-state index >= 15 is 0 Å². The fourth-order valence-corrected chi connectivity index (χ4v) is 4.64. The van der Waals surface area contributed by atoms with E-state index < -0.39 is 0 Å². The minimum atomic E-state index is 0.319. The summed E-state index contributed by atoms with van der Waals surface area (Å²) in [4.78, 5) is 5.53. The zero-order valence-electron chi connectivity index (χ0n) is 13.1. The molecule has 0 aromatic rings. The van der Waals surface area contributed by atoms with Crippen LogP contribution in [0.25, 0.3) is 0 Å². The lowest BCUT2D eigenvalue weighted by Crippen LogP contribution is -2.69. The number of rotatable bonds is 2. The van der Waals surface area contributed by atoms with Crippen molar-refractivity contribution in [3.8, 4) is 0 Å². The Morgan fingerprint density at radius 3 is 2.63 bits per heavy atom. The second-order valence-electron chi connectivity index (χ2n) is 7.49. The van der Waals surface area contributed by atoms with Crippen LogP contribution in [0.2, 0.25) is 0 Å². The highest BCUT2D eigenvalue weighted by Crippen LogP contribution is 2.47. The van der Waals surface area contributed by atoms with Crippen LogP contribution in [-0.4, -0.2) is 60.8 Å². The zero-order chi connectivity index (χ0) is 13.6. The van der Waals surface area contributed by atoms with Gasteiger partial charge in [0, 0.05) is 43.7 Å². The Morgan fingerprint density at radius 1 is 1.16 bits per heavy atom. The van der Waals surface area contributed by atoms with Crippen LogP contribution in [0.3, 0.4) is 0 Å². The van der Waals surface area contributed by atoms with Gasteiger partial charge in [-0.05, 0) is 32.7 Å². The molecule has 1 saturated carbocycles. The molecule has 4 atom stereocenters. The molecule has 1 aliphatic carbocycles. The average Bonchev–Trinajstić information content (AvgIpc) is 2.38. The molecule has 3 fully saturated rings. The van der Waals surface area contributed by atoms with Crippen molar-refractivity contribution in [2.75, 3.05) is 26.7 Å². The molecule has 0 aromatic heterocycles. The van der Waals surface area contributed by atoms with Gasteiger partial charge in [0.05, 0.1) is 6.10 Å². The van der Waals surface area contributed by atoms with Crippen molar-refractivity contribution in [1.82, 2.24) is 9.80 Å². The molecule has 4 unspecified atom stereocenters. The molecule has 3 rings (SSSR count). The number of nitrogens with zero attached hydrogens (tertiary/aromatic N) is 2. The first-order chi connectivity index (χ1) is 9.04. The van der Waals surface area contributed by atoms with Gasteiger partial charge in [-0.15, -0.1) is 0 Å². The molecule has 3 aliphatic rings. The minimum Gasteiger partial charge on any atom is -0.381 e. The molecule has 0 radical (unpaired) electrons. The van der Waals surface area contributed by atoms with Gasteiger partial charge in [-0.2, -0.15) is 0 Å². The molecule has 2 heterocycles. The van der Waals surface area contributed by atoms with Crippen molar-refractivity contribution in [3.05, 3.63) is 0 Å². The molecule has 0 amide bonds. The summed E-state index contributed by atoms with van der Waals surface area (Å²) in [7, 11) is 1.87. The van der Waals surface area contributed by atoms with Gasteiger partial charge >= 0.3 is 0 Å². The Morgan fingerprint density at radius 2 is 1.95 bits per heavy atom. The third-order valence-electron chi connectivity index (χ3n) is 6.05. The Balaban J connectivity index is 1.68. The maximum Gasteiger partial charge on any atom is 0.0652 e. The molecule has 3 heteroatoms. The second-order valence-corrected chi connectivity index (χ2v) is 7.49. The summed E-state index contributed by atoms with van der Waals surface area (Å²) in [6.45, 7) is 11.1. The Hall–Kier alpha value is -0.120. The van der Waals surface area contributed by atoms with E-state index in [1.165, 1.54) is 45.3 Å². The van der Waals surface area contributed by atoms with E-state index in [-0.39, 0.29) is 0 Å². The van der Waals surface area contributed by atoms with Gasteiger partial charge in [0.15, 0.2) is 0 Å². The van der Waals surface area contributed by atoms with Crippen molar-refractivity contribution < 1.29 is 4.74 Å². The molecule has 3 nitrogen and oxygen atoms in total. The van der Waals surface area contributed by atoms with Gasteiger partial charge in [0.25, 0.3) is 0 Å². The summed E-state index contributed by atoms with van der Waals surface area (Å²) in [6.07, 6.45) is 5.92. The van der Waals surface area contributed by atoms with Crippen LogP contribution in [0.5, 0.6) is 0 Å². The number of fused-ring (bicyclic) bond motifs is 1. The van der Waals surface area contributed by atoms with Crippen LogP contribution in [-0.2, 0) is 4.74 Å². The monoisotopic (exact) mass is 266 g/mol. The number of piperazine rings is 1. The molecule has 0 spiro atoms. The van der Waals surface area contributed by atoms with Crippen molar-refractivity contribution in [1.29, 1.82) is 0 Å². The SMILES string of the molecule is COC1CC(N2CC3CCCCN3CC2C)C1(C)C. The first kappa shape index (κ1) is 13.8. The summed E-state index contributed by atoms with van der Waals surface area (Å²) in [5.41, 5.74) is 0.319. The van der Waals surface area contributed by atoms with Crippen molar-refractivity contribution >= 4 is 0 Å². The lowest BCUT2D eigenvalue weighted by Gasteiger charge is -2.60. The number of methoxy groups -OCH3 is 1. The largest absolute Gasteiger partial charge is 0.381 e. The minimum absolute atomic E-state index is 0.319. The van der Waals surface area contributed by atoms with Crippen LogP contribution in [0.1, 0.15) is 46.5 Å². The van der Waals surface area contributed by atoms with E-state index in [2.05, 4.69) is 30.6 Å². The third kappa shape index (κ3) is 2.24. The lowest BCUT2D eigenvalue weighted by molar-refractivity contribution is -0.161. The third-order valence-corrected chi connectivity index (χ3v) is 6.05. The normalized spacial score (nSPS) is 43.6. The van der Waals surface area contributed by atoms with Gasteiger partial charge < -0.3 is 4.74 Å². The molecular weight excluding hydrogens is 236 g/mol. The number of hydrogen-bond donors (Lipinski definition) is 0. The molecule has 19 heavy (non-hydrogen) atoms. The summed E-state index contributed by atoms with van der Waals surface area (Å²) >= 11 is 0. The van der Waals surface area contributed by atoms with Gasteiger partial charge in [-0.1, -0.05) is 20.3 Å². The highest BCUT2D eigenvalue weighted by atomic mass is 16.5. The van der Waals surface area contributed by atoms with Crippen molar-refractivity contribution in [2.45, 2.75) is 70.7 Å². The van der Waals surface area contributed by atoms with Gasteiger partial charge in [0.2, 0.25) is 0 Å². The van der Waals surface area contributed by atoms with Crippen LogP contribution in [0, 0.1) is 5.41 Å². The van der Waals surface area contributed by atoms with Crippen LogP contribution < -0.4 is 0 Å². The number of hydrogen-bond acceptors (Lipinski definition) is 3. The average molecular weight is 266 g/mol. The zero-order valence-corrected chi connectivity index (χ0v) is 13.1. The lowest BCUT2D eigenvalue weighted by atomic mass is 9.63. The summed E-state index contributed by atoms with van der Waals surface area (Å²) in [6, 6.07) is 2.25. The highest BCUT2D eigenvalue weighted by molar-refractivity contribution is 5.06. The standard InChI is InChI=1S/C16H30N2O/c1-12-10-17-8-6-5-7-13(17)11-18(12)14-9-15(19-4)16(14,2)3/h12-15H,5-11H2,1-4H3. The maximum atomic E-state index is 5.63. The molecule has 0 bridgehead atoms. The summed E-state index contributed by atoms with van der Waals surface area (Å²) in [5.74, 6) is 0. The van der Waals surface area contributed by atoms with E-state index in [9.17, 15) is 0 Å². The predicted molar refractivity (Wildman–Crippen MR) is 78.4 cm³/mol. The smallest absolute Gasteiger partial charge is 0.0652 e. The van der Waals surface area contributed by atoms with E-state index in [1.807, 2.05) is 7.11 Å². The Labute approximate surface area is 118 Å². The summed E-state index contributed by atoms with van der Waals surface area (Å²) < 4.78 is 5.63. The quantitative estimate of drug-likeness (QED) is 0.763. The highest BCUT2D eigenvalue weighted by Gasteiger charge is 2.53. The molecule has 0 aromatic carbocycles. The number of piperidine rings is 1. The predicted octanol–water partition coefficient (Wildman–Crippen LogP) is 2.36. The van der Waals surface area contributed by atoms with E-state index in [4.69, 9.17) is 4.74 Å². The van der Waals surface area contributed by atoms with E-state index in [0.29, 0.717) is 17.6 Å². The fourth-order valence-electron chi connectivity index (χ4n) is 4.64. The molecule has 2 aliphatic heterocycles. The van der Waals surface area contributed by atoms with Gasteiger partial charge in [-0.3, -0.25) is 9.80 Å². The van der Waals surface area contributed by atoms with Gasteiger partial charge in [0.1, 0.15) is 0 Å². The fraction of sp³-hybridized carbons (Fsp3) is 1.00. The van der Waals surface area contributed by atoms with Crippen molar-refractivity contribution in [2.24, 2.45) is 5.41 Å². The maximum absolute atomic E-state index is 5.63. The van der Waals surface area contributed by atoms with E-state index in [0.717, 1.165) is 12.1 Å². The molecule has 2 saturated heterocycles.